The van der Waals surface area contributed by atoms with E-state index in [1.165, 1.54) is 11.3 Å². The first-order valence-corrected chi connectivity index (χ1v) is 9.21. The second-order valence-corrected chi connectivity index (χ2v) is 6.78. The van der Waals surface area contributed by atoms with Gasteiger partial charge in [0, 0.05) is 36.8 Å². The van der Waals surface area contributed by atoms with Gasteiger partial charge in [0.15, 0.2) is 0 Å². The van der Waals surface area contributed by atoms with Crippen LogP contribution in [0.5, 0.6) is 0 Å². The van der Waals surface area contributed by atoms with Crippen molar-refractivity contribution in [3.8, 4) is 0 Å². The number of pyridine rings is 1. The molecule has 1 aliphatic heterocycles. The second-order valence-electron chi connectivity index (χ2n) is 5.59. The maximum atomic E-state index is 12.0. The fourth-order valence-electron chi connectivity index (χ4n) is 2.77. The van der Waals surface area contributed by atoms with Crippen molar-refractivity contribution in [1.29, 1.82) is 0 Å². The minimum absolute atomic E-state index is 0.00856. The van der Waals surface area contributed by atoms with Gasteiger partial charge in [0.1, 0.15) is 5.82 Å². The van der Waals surface area contributed by atoms with E-state index in [1.54, 1.807) is 6.20 Å². The molecule has 1 amide bonds. The van der Waals surface area contributed by atoms with Gasteiger partial charge in [-0.3, -0.25) is 9.59 Å². The quantitative estimate of drug-likeness (QED) is 0.795. The van der Waals surface area contributed by atoms with Gasteiger partial charge in [-0.25, -0.2) is 4.98 Å². The second kappa shape index (κ2) is 10.0. The fourth-order valence-corrected chi connectivity index (χ4v) is 3.64. The highest BCUT2D eigenvalue weighted by atomic mass is 35.5. The Morgan fingerprint density at radius 3 is 3.00 bits per heavy atom. The summed E-state index contributed by atoms with van der Waals surface area (Å²) < 4.78 is 0. The number of aromatic nitrogens is 1. The molecule has 0 radical (unpaired) electrons. The summed E-state index contributed by atoms with van der Waals surface area (Å²) in [7, 11) is 0. The Bertz CT molecular complexity index is 682. The summed E-state index contributed by atoms with van der Waals surface area (Å²) in [6, 6.07) is 5.56. The number of halogens is 1. The first kappa shape index (κ1) is 19.2. The van der Waals surface area contributed by atoms with Gasteiger partial charge >= 0.3 is 0 Å². The molecular formula is C17H20ClN3O3S. The largest absolute Gasteiger partial charge is 0.483 e. The van der Waals surface area contributed by atoms with Crippen LogP contribution in [0.4, 0.5) is 5.82 Å². The SMILES string of the molecule is O=C(NCC1CCCN(c2ncccc2Cl)C1)c1ccsc1.O=CO. The molecule has 2 N–H and O–H groups in total. The molecule has 134 valence electrons. The third-order valence-corrected chi connectivity index (χ3v) is 4.87. The Kier molecular flexibility index (Phi) is 7.69. The highest BCUT2D eigenvalue weighted by molar-refractivity contribution is 7.08. The summed E-state index contributed by atoms with van der Waals surface area (Å²) in [6.45, 7) is 2.28. The van der Waals surface area contributed by atoms with Gasteiger partial charge in [-0.15, -0.1) is 0 Å². The molecule has 1 saturated heterocycles. The third-order valence-electron chi connectivity index (χ3n) is 3.89. The molecule has 0 spiro atoms. The van der Waals surface area contributed by atoms with Crippen LogP contribution in [0, 0.1) is 5.92 Å². The summed E-state index contributed by atoms with van der Waals surface area (Å²) in [5, 5.41) is 14.4. The molecule has 3 rings (SSSR count). The molecule has 1 unspecified atom stereocenters. The highest BCUT2D eigenvalue weighted by Crippen LogP contribution is 2.27. The lowest BCUT2D eigenvalue weighted by atomic mass is 9.98. The maximum Gasteiger partial charge on any atom is 0.290 e. The van der Waals surface area contributed by atoms with Gasteiger partial charge in [0.25, 0.3) is 12.4 Å². The molecule has 2 aromatic rings. The highest BCUT2D eigenvalue weighted by Gasteiger charge is 2.22. The Morgan fingerprint density at radius 2 is 2.32 bits per heavy atom. The molecule has 0 aliphatic carbocycles. The zero-order valence-corrected chi connectivity index (χ0v) is 15.2. The Balaban J connectivity index is 0.000000701. The zero-order valence-electron chi connectivity index (χ0n) is 13.6. The van der Waals surface area contributed by atoms with Crippen LogP contribution in [0.15, 0.2) is 35.2 Å². The molecule has 0 bridgehead atoms. The maximum absolute atomic E-state index is 12.0. The Morgan fingerprint density at radius 1 is 1.52 bits per heavy atom. The van der Waals surface area contributed by atoms with Crippen LogP contribution < -0.4 is 10.2 Å². The lowest BCUT2D eigenvalue weighted by Gasteiger charge is -2.34. The molecule has 3 heterocycles. The van der Waals surface area contributed by atoms with Crippen LogP contribution in [0.1, 0.15) is 23.2 Å². The predicted molar refractivity (Wildman–Crippen MR) is 99.5 cm³/mol. The van der Waals surface area contributed by atoms with Crippen molar-refractivity contribution in [3.05, 3.63) is 45.7 Å². The fraction of sp³-hybridized carbons (Fsp3) is 0.353. The van der Waals surface area contributed by atoms with Crippen molar-refractivity contribution in [1.82, 2.24) is 10.3 Å². The standard InChI is InChI=1S/C16H18ClN3OS.CH2O2/c17-14-4-1-6-18-15(14)20-7-2-3-12(10-20)9-19-16(21)13-5-8-22-11-13;2-1-3/h1,4-6,8,11-12H,2-3,7,9-10H2,(H,19,21);1H,(H,2,3). The predicted octanol–water partition coefficient (Wildman–Crippen LogP) is 3.14. The van der Waals surface area contributed by atoms with Crippen LogP contribution in [0.3, 0.4) is 0 Å². The Labute approximate surface area is 155 Å². The van der Waals surface area contributed by atoms with E-state index in [1.807, 2.05) is 29.0 Å². The summed E-state index contributed by atoms with van der Waals surface area (Å²) >= 11 is 7.76. The number of nitrogens with zero attached hydrogens (tertiary/aromatic N) is 2. The minimum atomic E-state index is -0.250. The van der Waals surface area contributed by atoms with Crippen LogP contribution in [0.25, 0.3) is 0 Å². The molecule has 1 atom stereocenters. The summed E-state index contributed by atoms with van der Waals surface area (Å²) in [5.41, 5.74) is 0.741. The summed E-state index contributed by atoms with van der Waals surface area (Å²) in [4.78, 5) is 27.0. The molecule has 8 heteroatoms. The van der Waals surface area contributed by atoms with Crippen LogP contribution in [0.2, 0.25) is 5.02 Å². The summed E-state index contributed by atoms with van der Waals surface area (Å²) in [5.74, 6) is 1.28. The van der Waals surface area contributed by atoms with Gasteiger partial charge in [0.2, 0.25) is 0 Å². The van der Waals surface area contributed by atoms with Crippen LogP contribution >= 0.6 is 22.9 Å². The molecular weight excluding hydrogens is 362 g/mol. The van der Waals surface area contributed by atoms with Crippen molar-refractivity contribution in [2.45, 2.75) is 12.8 Å². The third kappa shape index (κ3) is 5.72. The van der Waals surface area contributed by atoms with Crippen molar-refractivity contribution in [3.63, 3.8) is 0 Å². The number of thiophene rings is 1. The zero-order chi connectivity index (χ0) is 18.1. The van der Waals surface area contributed by atoms with Gasteiger partial charge in [-0.05, 0) is 42.3 Å². The average molecular weight is 382 g/mol. The van der Waals surface area contributed by atoms with E-state index >= 15 is 0 Å². The van der Waals surface area contributed by atoms with Gasteiger partial charge in [0.05, 0.1) is 5.02 Å². The van der Waals surface area contributed by atoms with E-state index < -0.39 is 0 Å². The number of carboxylic acid groups (broad SMARTS) is 1. The van der Waals surface area contributed by atoms with Crippen LogP contribution in [-0.4, -0.2) is 42.1 Å². The number of nitrogens with one attached hydrogen (secondary N) is 1. The van der Waals surface area contributed by atoms with E-state index in [4.69, 9.17) is 21.5 Å². The van der Waals surface area contributed by atoms with Gasteiger partial charge < -0.3 is 15.3 Å². The van der Waals surface area contributed by atoms with E-state index in [9.17, 15) is 4.79 Å². The monoisotopic (exact) mass is 381 g/mol. The van der Waals surface area contributed by atoms with Gasteiger partial charge in [-0.1, -0.05) is 11.6 Å². The lowest BCUT2D eigenvalue weighted by molar-refractivity contribution is -0.122. The Hall–Kier alpha value is -2.12. The average Bonchev–Trinajstić information content (AvgIpc) is 3.16. The van der Waals surface area contributed by atoms with Crippen LogP contribution in [-0.2, 0) is 4.79 Å². The number of carbonyl (C=O) groups excluding carboxylic acids is 1. The van der Waals surface area contributed by atoms with Crippen molar-refractivity contribution in [2.75, 3.05) is 24.5 Å². The number of amides is 1. The number of hydrogen-bond acceptors (Lipinski definition) is 5. The number of carbonyl (C=O) groups is 2. The molecule has 6 nitrogen and oxygen atoms in total. The lowest BCUT2D eigenvalue weighted by Crippen LogP contribution is -2.41. The minimum Gasteiger partial charge on any atom is -0.483 e. The molecule has 1 fully saturated rings. The van der Waals surface area contributed by atoms with E-state index in [0.717, 1.165) is 37.3 Å². The van der Waals surface area contributed by atoms with E-state index in [2.05, 4.69) is 15.2 Å². The molecule has 1 aliphatic rings. The van der Waals surface area contributed by atoms with Crippen molar-refractivity contribution in [2.24, 2.45) is 5.92 Å². The topological polar surface area (TPSA) is 82.5 Å². The van der Waals surface area contributed by atoms with E-state index in [-0.39, 0.29) is 12.4 Å². The smallest absolute Gasteiger partial charge is 0.290 e. The first-order chi connectivity index (χ1) is 12.2. The summed E-state index contributed by atoms with van der Waals surface area (Å²) in [6.07, 6.45) is 3.97. The number of hydrogen-bond donors (Lipinski definition) is 2. The molecule has 0 aromatic carbocycles. The van der Waals surface area contributed by atoms with Gasteiger partial charge in [-0.2, -0.15) is 11.3 Å². The van der Waals surface area contributed by atoms with Crippen molar-refractivity contribution >= 4 is 41.1 Å². The normalized spacial score (nSPS) is 16.5. The molecule has 25 heavy (non-hydrogen) atoms. The van der Waals surface area contributed by atoms with Crippen molar-refractivity contribution < 1.29 is 14.7 Å². The first-order valence-electron chi connectivity index (χ1n) is 7.89. The molecule has 0 saturated carbocycles. The van der Waals surface area contributed by atoms with E-state index in [0.29, 0.717) is 17.5 Å². The number of piperidine rings is 1. The molecule has 2 aromatic heterocycles. The number of anilines is 1. The number of rotatable bonds is 4.